The molecule has 0 saturated heterocycles. The minimum absolute atomic E-state index is 0.101. The highest BCUT2D eigenvalue weighted by atomic mass is 32.2. The Hall–Kier alpha value is -3.26. The van der Waals surface area contributed by atoms with Crippen LogP contribution >= 0.6 is 11.8 Å². The number of para-hydroxylation sites is 2. The summed E-state index contributed by atoms with van der Waals surface area (Å²) in [6.07, 6.45) is 1.77. The number of carbonyl (C=O) groups excluding carboxylic acids is 1. The zero-order chi connectivity index (χ0) is 22.2. The van der Waals surface area contributed by atoms with Gasteiger partial charge in [-0.05, 0) is 25.1 Å². The van der Waals surface area contributed by atoms with Crippen molar-refractivity contribution in [1.29, 1.82) is 0 Å². The molecule has 0 aliphatic rings. The van der Waals surface area contributed by atoms with Gasteiger partial charge < -0.3 is 14.8 Å². The van der Waals surface area contributed by atoms with Gasteiger partial charge in [0.2, 0.25) is 5.91 Å². The summed E-state index contributed by atoms with van der Waals surface area (Å²) >= 11 is 1.33. The predicted molar refractivity (Wildman–Crippen MR) is 122 cm³/mol. The molecule has 162 valence electrons. The molecule has 7 nitrogen and oxygen atoms in total. The van der Waals surface area contributed by atoms with Crippen LogP contribution in [0.5, 0.6) is 11.5 Å². The molecule has 0 bridgehead atoms. The number of rotatable bonds is 10. The number of carbonyl (C=O) groups is 1. The number of hydrogen-bond donors (Lipinski definition) is 1. The highest BCUT2D eigenvalue weighted by Gasteiger charge is 2.19. The average molecular weight is 439 g/mol. The molecule has 2 aromatic carbocycles. The molecular formula is C23H26N4O3S. The summed E-state index contributed by atoms with van der Waals surface area (Å²) in [5.74, 6) is 2.23. The third kappa shape index (κ3) is 5.27. The van der Waals surface area contributed by atoms with Crippen molar-refractivity contribution in [1.82, 2.24) is 20.1 Å². The molecule has 1 N–H and O–H groups in total. The van der Waals surface area contributed by atoms with Gasteiger partial charge in [-0.3, -0.25) is 9.36 Å². The van der Waals surface area contributed by atoms with Gasteiger partial charge in [0.25, 0.3) is 0 Å². The predicted octanol–water partition coefficient (Wildman–Crippen LogP) is 4.12. The van der Waals surface area contributed by atoms with E-state index in [-0.39, 0.29) is 17.7 Å². The number of aromatic nitrogens is 3. The normalized spacial score (nSPS) is 11.6. The first kappa shape index (κ1) is 22.4. The first-order chi connectivity index (χ1) is 15.1. The molecule has 1 unspecified atom stereocenters. The summed E-state index contributed by atoms with van der Waals surface area (Å²) in [6.45, 7) is 6.28. The minimum atomic E-state index is -0.181. The third-order valence-electron chi connectivity index (χ3n) is 4.69. The molecule has 31 heavy (non-hydrogen) atoms. The van der Waals surface area contributed by atoms with E-state index in [1.807, 2.05) is 60.0 Å². The fourth-order valence-electron chi connectivity index (χ4n) is 3.23. The molecule has 1 heterocycles. The van der Waals surface area contributed by atoms with E-state index in [4.69, 9.17) is 9.47 Å². The van der Waals surface area contributed by atoms with Crippen molar-refractivity contribution >= 4 is 17.7 Å². The summed E-state index contributed by atoms with van der Waals surface area (Å²) < 4.78 is 12.8. The molecule has 1 aromatic heterocycles. The van der Waals surface area contributed by atoms with Crippen LogP contribution in [0.3, 0.4) is 0 Å². The number of allylic oxidation sites excluding steroid dienone is 1. The van der Waals surface area contributed by atoms with E-state index < -0.39 is 0 Å². The number of amides is 1. The Morgan fingerprint density at radius 1 is 1.13 bits per heavy atom. The van der Waals surface area contributed by atoms with Crippen LogP contribution in [0.1, 0.15) is 18.5 Å². The molecule has 3 rings (SSSR count). The minimum Gasteiger partial charge on any atom is -0.496 e. The first-order valence-electron chi connectivity index (χ1n) is 9.81. The van der Waals surface area contributed by atoms with Gasteiger partial charge >= 0.3 is 0 Å². The Balaban J connectivity index is 1.72. The number of methoxy groups -OCH3 is 2. The summed E-state index contributed by atoms with van der Waals surface area (Å²) in [4.78, 5) is 12.6. The molecule has 1 atom stereocenters. The van der Waals surface area contributed by atoms with Crippen LogP contribution in [0.15, 0.2) is 66.3 Å². The van der Waals surface area contributed by atoms with Crippen molar-refractivity contribution in [2.45, 2.75) is 24.7 Å². The summed E-state index contributed by atoms with van der Waals surface area (Å²) in [6, 6.07) is 15.1. The fraction of sp³-hybridized carbons (Fsp3) is 0.261. The molecule has 0 radical (unpaired) electrons. The second-order valence-corrected chi connectivity index (χ2v) is 7.67. The maximum Gasteiger partial charge on any atom is 0.230 e. The molecule has 8 heteroatoms. The maximum absolute atomic E-state index is 12.6. The van der Waals surface area contributed by atoms with Crippen molar-refractivity contribution in [3.63, 3.8) is 0 Å². The van der Waals surface area contributed by atoms with Gasteiger partial charge in [0.15, 0.2) is 11.0 Å². The van der Waals surface area contributed by atoms with Crippen molar-refractivity contribution in [3.05, 3.63) is 66.7 Å². The van der Waals surface area contributed by atoms with Crippen molar-refractivity contribution < 1.29 is 14.3 Å². The van der Waals surface area contributed by atoms with Crippen LogP contribution in [0.4, 0.5) is 0 Å². The first-order valence-corrected chi connectivity index (χ1v) is 10.8. The average Bonchev–Trinajstić information content (AvgIpc) is 3.20. The van der Waals surface area contributed by atoms with E-state index in [0.717, 1.165) is 16.9 Å². The summed E-state index contributed by atoms with van der Waals surface area (Å²) in [5.41, 5.74) is 1.76. The van der Waals surface area contributed by atoms with Crippen molar-refractivity contribution in [3.8, 4) is 22.9 Å². The number of hydrogen-bond acceptors (Lipinski definition) is 6. The highest BCUT2D eigenvalue weighted by molar-refractivity contribution is 7.99. The van der Waals surface area contributed by atoms with Crippen LogP contribution in [0.2, 0.25) is 0 Å². The molecule has 1 amide bonds. The number of nitrogens with one attached hydrogen (secondary N) is 1. The summed E-state index contributed by atoms with van der Waals surface area (Å²) in [5, 5.41) is 12.3. The van der Waals surface area contributed by atoms with Gasteiger partial charge in [0.1, 0.15) is 11.5 Å². The highest BCUT2D eigenvalue weighted by Crippen LogP contribution is 2.31. The van der Waals surface area contributed by atoms with E-state index >= 15 is 0 Å². The smallest absolute Gasteiger partial charge is 0.230 e. The molecule has 0 saturated carbocycles. The lowest BCUT2D eigenvalue weighted by molar-refractivity contribution is -0.119. The van der Waals surface area contributed by atoms with Crippen molar-refractivity contribution in [2.24, 2.45) is 0 Å². The van der Waals surface area contributed by atoms with Crippen molar-refractivity contribution in [2.75, 3.05) is 20.0 Å². The standard InChI is InChI=1S/C23H26N4O3S/c1-5-14-27-22(18-11-7-9-13-20(18)30-4)25-26-23(27)31-15-21(28)24-16(2)17-10-6-8-12-19(17)29-3/h5-13,16H,1,14-15H2,2-4H3,(H,24,28). The zero-order valence-electron chi connectivity index (χ0n) is 17.9. The monoisotopic (exact) mass is 438 g/mol. The Morgan fingerprint density at radius 3 is 2.52 bits per heavy atom. The second kappa shape index (κ2) is 10.7. The van der Waals surface area contributed by atoms with Crippen LogP contribution in [0.25, 0.3) is 11.4 Å². The maximum atomic E-state index is 12.6. The number of benzene rings is 2. The van der Waals surface area contributed by atoms with Gasteiger partial charge in [-0.2, -0.15) is 0 Å². The molecule has 0 spiro atoms. The van der Waals surface area contributed by atoms with E-state index in [2.05, 4.69) is 22.1 Å². The SMILES string of the molecule is C=CCn1c(SCC(=O)NC(C)c2ccccc2OC)nnc1-c1ccccc1OC. The quantitative estimate of drug-likeness (QED) is 0.379. The lowest BCUT2D eigenvalue weighted by Crippen LogP contribution is -2.28. The molecular weight excluding hydrogens is 412 g/mol. The van der Waals surface area contributed by atoms with Gasteiger partial charge in [-0.15, -0.1) is 16.8 Å². The van der Waals surface area contributed by atoms with Crippen LogP contribution < -0.4 is 14.8 Å². The van der Waals surface area contributed by atoms with Gasteiger partial charge in [-0.25, -0.2) is 0 Å². The molecule has 0 fully saturated rings. The Labute approximate surface area is 186 Å². The van der Waals surface area contributed by atoms with Gasteiger partial charge in [0, 0.05) is 12.1 Å². The third-order valence-corrected chi connectivity index (χ3v) is 5.66. The Kier molecular flexibility index (Phi) is 7.72. The van der Waals surface area contributed by atoms with E-state index in [1.165, 1.54) is 11.8 Å². The number of ether oxygens (including phenoxy) is 2. The molecule has 0 aliphatic heterocycles. The number of thioether (sulfide) groups is 1. The van der Waals surface area contributed by atoms with Gasteiger partial charge in [-0.1, -0.05) is 48.2 Å². The summed E-state index contributed by atoms with van der Waals surface area (Å²) in [7, 11) is 3.24. The zero-order valence-corrected chi connectivity index (χ0v) is 18.7. The fourth-order valence-corrected chi connectivity index (χ4v) is 3.99. The Morgan fingerprint density at radius 2 is 1.81 bits per heavy atom. The van der Waals surface area contributed by atoms with Gasteiger partial charge in [0.05, 0.1) is 31.6 Å². The topological polar surface area (TPSA) is 78.3 Å². The van der Waals surface area contributed by atoms with Crippen LogP contribution in [-0.4, -0.2) is 40.6 Å². The lowest BCUT2D eigenvalue weighted by Gasteiger charge is -2.17. The Bertz CT molecular complexity index is 1050. The number of nitrogens with zero attached hydrogens (tertiary/aromatic N) is 3. The van der Waals surface area contributed by atoms with Crippen LogP contribution in [-0.2, 0) is 11.3 Å². The lowest BCUT2D eigenvalue weighted by atomic mass is 10.1. The van der Waals surface area contributed by atoms with Crippen LogP contribution in [0, 0.1) is 0 Å². The molecule has 3 aromatic rings. The van der Waals surface area contributed by atoms with E-state index in [0.29, 0.717) is 23.3 Å². The largest absolute Gasteiger partial charge is 0.496 e. The van der Waals surface area contributed by atoms with E-state index in [9.17, 15) is 4.79 Å². The molecule has 0 aliphatic carbocycles. The second-order valence-electron chi connectivity index (χ2n) is 6.73. The van der Waals surface area contributed by atoms with E-state index in [1.54, 1.807) is 20.3 Å².